The van der Waals surface area contributed by atoms with Crippen molar-refractivity contribution < 1.29 is 4.79 Å². The Morgan fingerprint density at radius 2 is 2.28 bits per heavy atom. The van der Waals surface area contributed by atoms with Crippen LogP contribution in [0.2, 0.25) is 0 Å². The third-order valence-electron chi connectivity index (χ3n) is 5.14. The van der Waals surface area contributed by atoms with Gasteiger partial charge in [0.05, 0.1) is 10.6 Å². The zero-order valence-corrected chi connectivity index (χ0v) is 19.1. The second-order valence-electron chi connectivity index (χ2n) is 7.27. The van der Waals surface area contributed by atoms with Crippen LogP contribution in [0.3, 0.4) is 0 Å². The molecule has 0 saturated heterocycles. The number of rotatable bonds is 8. The molecule has 4 rings (SSSR count). The zero-order valence-electron chi connectivity index (χ0n) is 16.7. The monoisotopic (exact) mass is 447 g/mol. The van der Waals surface area contributed by atoms with Crippen molar-refractivity contribution in [2.45, 2.75) is 62.9 Å². The van der Waals surface area contributed by atoms with Gasteiger partial charge in [0.1, 0.15) is 4.83 Å². The molecular weight excluding hydrogens is 422 g/mol. The van der Waals surface area contributed by atoms with Gasteiger partial charge >= 0.3 is 0 Å². The van der Waals surface area contributed by atoms with Crippen molar-refractivity contribution in [3.63, 3.8) is 0 Å². The van der Waals surface area contributed by atoms with Crippen LogP contribution >= 0.6 is 34.4 Å². The van der Waals surface area contributed by atoms with Gasteiger partial charge in [-0.05, 0) is 56.0 Å². The third kappa shape index (κ3) is 4.29. The summed E-state index contributed by atoms with van der Waals surface area (Å²) in [6.07, 6.45) is 4.85. The molecule has 154 valence electrons. The normalized spacial score (nSPS) is 14.3. The molecule has 3 aromatic heterocycles. The Hall–Kier alpha value is -1.64. The van der Waals surface area contributed by atoms with Gasteiger partial charge in [0.25, 0.3) is 5.56 Å². The highest BCUT2D eigenvalue weighted by atomic mass is 32.2. The summed E-state index contributed by atoms with van der Waals surface area (Å²) in [5.74, 6) is -0.0161. The number of aryl methyl sites for hydroxylation is 2. The van der Waals surface area contributed by atoms with Crippen LogP contribution in [0.1, 0.15) is 42.0 Å². The molecule has 3 heterocycles. The number of hydrogen-bond donors (Lipinski definition) is 1. The van der Waals surface area contributed by atoms with E-state index in [0.29, 0.717) is 18.2 Å². The molecule has 1 aliphatic carbocycles. The van der Waals surface area contributed by atoms with Crippen LogP contribution < -0.4 is 10.9 Å². The van der Waals surface area contributed by atoms with Crippen molar-refractivity contribution in [1.29, 1.82) is 0 Å². The van der Waals surface area contributed by atoms with Crippen LogP contribution in [0, 0.1) is 0 Å². The number of amides is 1. The summed E-state index contributed by atoms with van der Waals surface area (Å²) in [5.41, 5.74) is 1.27. The Labute approximate surface area is 182 Å². The van der Waals surface area contributed by atoms with Crippen molar-refractivity contribution >= 4 is 50.6 Å². The number of carbonyl (C=O) groups is 1. The number of hydrogen-bond acceptors (Lipinski definition) is 6. The van der Waals surface area contributed by atoms with Crippen LogP contribution in [0.5, 0.6) is 0 Å². The molecule has 1 amide bonds. The van der Waals surface area contributed by atoms with E-state index in [9.17, 15) is 9.59 Å². The van der Waals surface area contributed by atoms with Crippen molar-refractivity contribution in [2.24, 2.45) is 0 Å². The summed E-state index contributed by atoms with van der Waals surface area (Å²) < 4.78 is 1.77. The SMILES string of the molecule is CCCn1c(SC(C)C(=O)NCCc2cccs2)nc2sc3c(c2c1=O)CCC3. The Bertz CT molecular complexity index is 1070. The molecule has 0 aliphatic heterocycles. The van der Waals surface area contributed by atoms with Gasteiger partial charge in [-0.15, -0.1) is 22.7 Å². The van der Waals surface area contributed by atoms with Gasteiger partial charge < -0.3 is 5.32 Å². The van der Waals surface area contributed by atoms with Crippen LogP contribution in [0.25, 0.3) is 10.2 Å². The minimum absolute atomic E-state index is 0.0161. The second-order valence-corrected chi connectivity index (χ2v) is 10.7. The smallest absolute Gasteiger partial charge is 0.263 e. The number of carbonyl (C=O) groups excluding carboxylic acids is 1. The summed E-state index contributed by atoms with van der Waals surface area (Å²) in [5, 5.41) is 6.22. The molecule has 0 bridgehead atoms. The molecule has 29 heavy (non-hydrogen) atoms. The second kappa shape index (κ2) is 9.02. The predicted molar refractivity (Wildman–Crippen MR) is 123 cm³/mol. The Kier molecular flexibility index (Phi) is 6.41. The molecule has 1 atom stereocenters. The van der Waals surface area contributed by atoms with Crippen molar-refractivity contribution in [3.05, 3.63) is 43.2 Å². The fourth-order valence-corrected chi connectivity index (χ4v) is 6.66. The standard InChI is InChI=1S/C21H25N3O2S3/c1-3-11-24-20(26)17-15-7-4-8-16(15)29-19(17)23-21(24)28-13(2)18(25)22-10-9-14-6-5-12-27-14/h5-6,12-13H,3-4,7-11H2,1-2H3,(H,22,25). The van der Waals surface area contributed by atoms with Crippen LogP contribution in [0.15, 0.2) is 27.5 Å². The summed E-state index contributed by atoms with van der Waals surface area (Å²) in [6.45, 7) is 5.19. The van der Waals surface area contributed by atoms with E-state index in [4.69, 9.17) is 4.98 Å². The highest BCUT2D eigenvalue weighted by Gasteiger charge is 2.24. The number of aromatic nitrogens is 2. The summed E-state index contributed by atoms with van der Waals surface area (Å²) >= 11 is 4.74. The van der Waals surface area contributed by atoms with Crippen LogP contribution in [-0.2, 0) is 30.6 Å². The van der Waals surface area contributed by atoms with E-state index < -0.39 is 0 Å². The first-order valence-corrected chi connectivity index (χ1v) is 12.7. The molecule has 1 N–H and O–H groups in total. The molecule has 0 spiro atoms. The first-order chi connectivity index (χ1) is 14.1. The van der Waals surface area contributed by atoms with Crippen molar-refractivity contribution in [3.8, 4) is 0 Å². The molecule has 3 aromatic rings. The van der Waals surface area contributed by atoms with E-state index in [0.717, 1.165) is 42.3 Å². The first-order valence-electron chi connectivity index (χ1n) is 10.1. The molecule has 0 radical (unpaired) electrons. The fourth-order valence-electron chi connectivity index (χ4n) is 3.69. The highest BCUT2D eigenvalue weighted by Crippen LogP contribution is 2.36. The first kappa shape index (κ1) is 20.6. The minimum Gasteiger partial charge on any atom is -0.355 e. The van der Waals surface area contributed by atoms with Gasteiger partial charge in [-0.3, -0.25) is 14.2 Å². The van der Waals surface area contributed by atoms with E-state index in [1.165, 1.54) is 27.1 Å². The summed E-state index contributed by atoms with van der Waals surface area (Å²) in [4.78, 5) is 34.0. The quantitative estimate of drug-likeness (QED) is 0.414. The minimum atomic E-state index is -0.308. The number of nitrogens with one attached hydrogen (secondary N) is 1. The molecule has 1 aliphatic rings. The number of fused-ring (bicyclic) bond motifs is 3. The molecule has 1 unspecified atom stereocenters. The van der Waals surface area contributed by atoms with E-state index in [1.807, 2.05) is 18.4 Å². The molecular formula is C21H25N3O2S3. The maximum Gasteiger partial charge on any atom is 0.263 e. The molecule has 8 heteroatoms. The highest BCUT2D eigenvalue weighted by molar-refractivity contribution is 8.00. The van der Waals surface area contributed by atoms with Crippen LogP contribution in [0.4, 0.5) is 0 Å². The fraction of sp³-hybridized carbons (Fsp3) is 0.476. The molecule has 5 nitrogen and oxygen atoms in total. The third-order valence-corrected chi connectivity index (χ3v) is 8.35. The molecule has 0 saturated carbocycles. The maximum absolute atomic E-state index is 13.2. The van der Waals surface area contributed by atoms with E-state index in [-0.39, 0.29) is 16.7 Å². The number of thioether (sulfide) groups is 1. The van der Waals surface area contributed by atoms with E-state index in [1.54, 1.807) is 27.2 Å². The maximum atomic E-state index is 13.2. The largest absolute Gasteiger partial charge is 0.355 e. The summed E-state index contributed by atoms with van der Waals surface area (Å²) in [6, 6.07) is 4.10. The Morgan fingerprint density at radius 1 is 1.41 bits per heavy atom. The van der Waals surface area contributed by atoms with Gasteiger partial charge in [-0.25, -0.2) is 4.98 Å². The number of nitrogens with zero attached hydrogens (tertiary/aromatic N) is 2. The van der Waals surface area contributed by atoms with Crippen molar-refractivity contribution in [1.82, 2.24) is 14.9 Å². The average molecular weight is 448 g/mol. The lowest BCUT2D eigenvalue weighted by Gasteiger charge is -2.15. The van der Waals surface area contributed by atoms with Gasteiger partial charge in [-0.2, -0.15) is 0 Å². The van der Waals surface area contributed by atoms with Gasteiger partial charge in [-0.1, -0.05) is 24.8 Å². The zero-order chi connectivity index (χ0) is 20.4. The topological polar surface area (TPSA) is 64.0 Å². The van der Waals surface area contributed by atoms with E-state index >= 15 is 0 Å². The lowest BCUT2D eigenvalue weighted by atomic mass is 10.2. The molecule has 0 fully saturated rings. The Balaban J connectivity index is 1.52. The summed E-state index contributed by atoms with van der Waals surface area (Å²) in [7, 11) is 0. The lowest BCUT2D eigenvalue weighted by molar-refractivity contribution is -0.120. The lowest BCUT2D eigenvalue weighted by Crippen LogP contribution is -2.33. The molecule has 0 aromatic carbocycles. The predicted octanol–water partition coefficient (Wildman–Crippen LogP) is 4.26. The van der Waals surface area contributed by atoms with Gasteiger partial charge in [0, 0.05) is 22.8 Å². The Morgan fingerprint density at radius 3 is 3.03 bits per heavy atom. The van der Waals surface area contributed by atoms with E-state index in [2.05, 4.69) is 18.3 Å². The van der Waals surface area contributed by atoms with Crippen molar-refractivity contribution in [2.75, 3.05) is 6.54 Å². The average Bonchev–Trinajstić information content (AvgIpc) is 3.42. The van der Waals surface area contributed by atoms with Crippen LogP contribution in [-0.4, -0.2) is 27.3 Å². The number of thiophene rings is 2. The van der Waals surface area contributed by atoms with Gasteiger partial charge in [0.15, 0.2) is 5.16 Å². The van der Waals surface area contributed by atoms with Gasteiger partial charge in [0.2, 0.25) is 5.91 Å².